The van der Waals surface area contributed by atoms with Gasteiger partial charge in [0.2, 0.25) is 9.92 Å². The summed E-state index contributed by atoms with van der Waals surface area (Å²) >= 11 is 5.46. The molecule has 0 spiro atoms. The molecule has 72 heavy (non-hydrogen) atoms. The quantitative estimate of drug-likeness (QED) is 0.0781. The van der Waals surface area contributed by atoms with Crippen LogP contribution in [0.4, 0.5) is 0 Å². The van der Waals surface area contributed by atoms with Gasteiger partial charge in [0, 0.05) is 58.5 Å². The van der Waals surface area contributed by atoms with Gasteiger partial charge in [0.15, 0.2) is 21.4 Å². The number of fused-ring (bicyclic) bond motifs is 4. The number of aromatic nitrogens is 9. The fourth-order valence-electron chi connectivity index (χ4n) is 7.60. The average Bonchev–Trinajstić information content (AvgIpc) is 4.25. The lowest BCUT2D eigenvalue weighted by molar-refractivity contribution is 0.303. The summed E-state index contributed by atoms with van der Waals surface area (Å²) in [6.45, 7) is 0.293. The number of methoxy groups -OCH3 is 3. The number of benzene rings is 3. The van der Waals surface area contributed by atoms with Crippen LogP contribution in [0.1, 0.15) is 11.4 Å². The molecule has 12 aromatic rings. The first-order chi connectivity index (χ1) is 35.1. The van der Waals surface area contributed by atoms with Crippen LogP contribution in [-0.4, -0.2) is 86.3 Å². The summed E-state index contributed by atoms with van der Waals surface area (Å²) in [6.07, 6.45) is 7.00. The van der Waals surface area contributed by atoms with Crippen LogP contribution >= 0.6 is 45.3 Å². The van der Waals surface area contributed by atoms with Crippen LogP contribution < -0.4 is 28.4 Å². The lowest BCUT2D eigenvalue weighted by Gasteiger charge is -2.08. The fourth-order valence-corrected chi connectivity index (χ4v) is 11.8. The predicted molar refractivity (Wildman–Crippen MR) is 271 cm³/mol. The van der Waals surface area contributed by atoms with Crippen molar-refractivity contribution in [2.75, 3.05) is 33.7 Å². The monoisotopic (exact) mass is 1060 g/mol. The van der Waals surface area contributed by atoms with E-state index in [4.69, 9.17) is 52.2 Å². The zero-order valence-electron chi connectivity index (χ0n) is 37.9. The van der Waals surface area contributed by atoms with Crippen LogP contribution in [0, 0.1) is 0 Å². The minimum atomic E-state index is -3.70. The van der Waals surface area contributed by atoms with E-state index in [1.807, 2.05) is 35.0 Å². The topological polar surface area (TPSA) is 215 Å². The molecular weight excluding hydrogens is 1020 g/mol. The number of nitrogens with zero attached hydrogens (tertiary/aromatic N) is 9. The van der Waals surface area contributed by atoms with Crippen molar-refractivity contribution in [3.63, 3.8) is 0 Å². The van der Waals surface area contributed by atoms with Gasteiger partial charge < -0.3 is 37.3 Å². The van der Waals surface area contributed by atoms with Gasteiger partial charge in [-0.3, -0.25) is 4.98 Å². The Hall–Kier alpha value is -7.90. The molecule has 9 heterocycles. The van der Waals surface area contributed by atoms with Crippen molar-refractivity contribution in [2.45, 2.75) is 18.1 Å². The summed E-state index contributed by atoms with van der Waals surface area (Å²) < 4.78 is 77.0. The zero-order chi connectivity index (χ0) is 48.9. The Bertz CT molecular complexity index is 3980. The predicted octanol–water partition coefficient (Wildman–Crippen LogP) is 10.4. The number of hydrogen-bond donors (Lipinski definition) is 0. The molecule has 19 nitrogen and oxygen atoms in total. The van der Waals surface area contributed by atoms with E-state index >= 15 is 0 Å². The largest absolute Gasteiger partial charge is 0.496 e. The molecule has 24 heteroatoms. The highest BCUT2D eigenvalue weighted by Crippen LogP contribution is 2.40. The minimum Gasteiger partial charge on any atom is -0.496 e. The number of pyridine rings is 1. The van der Waals surface area contributed by atoms with E-state index in [9.17, 15) is 8.42 Å². The van der Waals surface area contributed by atoms with Crippen LogP contribution in [-0.2, 0) is 23.1 Å². The number of furan rings is 2. The van der Waals surface area contributed by atoms with Crippen LogP contribution in [0.3, 0.4) is 0 Å². The molecule has 0 fully saturated rings. The Morgan fingerprint density at radius 3 is 1.74 bits per heavy atom. The third kappa shape index (κ3) is 8.93. The van der Waals surface area contributed by atoms with Crippen molar-refractivity contribution in [2.24, 2.45) is 0 Å². The molecule has 362 valence electrons. The van der Waals surface area contributed by atoms with Crippen molar-refractivity contribution >= 4 is 87.0 Å². The SMILES string of the molecule is COc1cc(OCc2csc(-c3ccc(S(=O)(=O)CCOc4nn5cc(-c6cc7c(OCc8csc(-c9cccnc9)n8)cc(OC)cc7o6)nc5s4)cc3)n2)c2cc(-c3cn4nc(OC)sc4n3)oc2c1. The molecule has 0 aliphatic rings. The Kier molecular flexibility index (Phi) is 11.7. The van der Waals surface area contributed by atoms with Gasteiger partial charge in [-0.05, 0) is 59.1 Å². The van der Waals surface area contributed by atoms with Gasteiger partial charge >= 0.3 is 0 Å². The molecule has 0 atom stereocenters. The van der Waals surface area contributed by atoms with Crippen molar-refractivity contribution < 1.29 is 45.7 Å². The van der Waals surface area contributed by atoms with E-state index in [0.29, 0.717) is 82.9 Å². The summed E-state index contributed by atoms with van der Waals surface area (Å²) in [5.41, 5.74) is 5.46. The lowest BCUT2D eigenvalue weighted by Crippen LogP contribution is -2.14. The van der Waals surface area contributed by atoms with Crippen molar-refractivity contribution in [1.82, 2.24) is 44.1 Å². The van der Waals surface area contributed by atoms with E-state index in [2.05, 4.69) is 20.2 Å². The van der Waals surface area contributed by atoms with Crippen molar-refractivity contribution in [3.05, 3.63) is 120 Å². The highest BCUT2D eigenvalue weighted by Gasteiger charge is 2.22. The summed E-state index contributed by atoms with van der Waals surface area (Å²) in [6, 6.07) is 21.4. The van der Waals surface area contributed by atoms with E-state index < -0.39 is 9.84 Å². The number of imidazole rings is 2. The minimum absolute atomic E-state index is 0.113. The van der Waals surface area contributed by atoms with E-state index in [1.165, 1.54) is 45.3 Å². The Balaban J connectivity index is 0.663. The van der Waals surface area contributed by atoms with E-state index in [0.717, 1.165) is 32.6 Å². The smallest absolute Gasteiger partial charge is 0.294 e. The van der Waals surface area contributed by atoms with E-state index in [-0.39, 0.29) is 35.7 Å². The van der Waals surface area contributed by atoms with Gasteiger partial charge in [-0.1, -0.05) is 12.1 Å². The summed E-state index contributed by atoms with van der Waals surface area (Å²) in [7, 11) is 1.02. The summed E-state index contributed by atoms with van der Waals surface area (Å²) in [4.78, 5) is 24.4. The van der Waals surface area contributed by atoms with Crippen LogP contribution in [0.2, 0.25) is 0 Å². The maximum Gasteiger partial charge on any atom is 0.294 e. The lowest BCUT2D eigenvalue weighted by atomic mass is 10.2. The molecule has 9 aromatic heterocycles. The summed E-state index contributed by atoms with van der Waals surface area (Å²) in [5.74, 6) is 3.04. The second kappa shape index (κ2) is 18.7. The first-order valence-electron chi connectivity index (χ1n) is 21.7. The second-order valence-corrected chi connectivity index (χ2v) is 21.4. The number of thiazole rings is 2. The highest BCUT2D eigenvalue weighted by molar-refractivity contribution is 7.91. The highest BCUT2D eigenvalue weighted by atomic mass is 32.2. The van der Waals surface area contributed by atoms with Crippen LogP contribution in [0.5, 0.6) is 33.4 Å². The van der Waals surface area contributed by atoms with Crippen LogP contribution in [0.15, 0.2) is 122 Å². The van der Waals surface area contributed by atoms with Gasteiger partial charge in [0.05, 0.1) is 66.5 Å². The molecular formula is C48H35N9O10S5. The maximum atomic E-state index is 13.4. The Morgan fingerprint density at radius 1 is 0.625 bits per heavy atom. The molecule has 0 aliphatic carbocycles. The number of hydrogen-bond acceptors (Lipinski definition) is 21. The van der Waals surface area contributed by atoms with Crippen LogP contribution in [0.25, 0.3) is 75.9 Å². The molecule has 0 saturated carbocycles. The van der Waals surface area contributed by atoms with Gasteiger partial charge in [-0.15, -0.1) is 32.9 Å². The number of sulfone groups is 1. The molecule has 0 radical (unpaired) electrons. The van der Waals surface area contributed by atoms with Gasteiger partial charge in [0.1, 0.15) is 75.4 Å². The molecule has 0 saturated heterocycles. The molecule has 0 aliphatic heterocycles. The maximum absolute atomic E-state index is 13.4. The molecule has 12 rings (SSSR count). The average molecular weight is 1060 g/mol. The Morgan fingerprint density at radius 2 is 1.19 bits per heavy atom. The normalized spacial score (nSPS) is 11.9. The second-order valence-electron chi connectivity index (χ2n) is 15.7. The third-order valence-corrected chi connectivity index (χ3v) is 16.4. The van der Waals surface area contributed by atoms with Crippen molar-refractivity contribution in [3.8, 4) is 77.4 Å². The number of rotatable bonds is 18. The molecule has 3 aromatic carbocycles. The molecule has 0 N–H and O–H groups in total. The molecule has 0 amide bonds. The van der Waals surface area contributed by atoms with Gasteiger partial charge in [-0.2, -0.15) is 0 Å². The van der Waals surface area contributed by atoms with Gasteiger partial charge in [0.25, 0.3) is 10.4 Å². The van der Waals surface area contributed by atoms with E-state index in [1.54, 1.807) is 104 Å². The molecule has 0 unspecified atom stereocenters. The third-order valence-electron chi connectivity index (χ3n) is 11.1. The first kappa shape index (κ1) is 45.3. The van der Waals surface area contributed by atoms with Gasteiger partial charge in [-0.25, -0.2) is 37.4 Å². The Labute approximate surface area is 423 Å². The fraction of sp³-hybridized carbons (Fsp3) is 0.146. The summed E-state index contributed by atoms with van der Waals surface area (Å²) in [5, 5.41) is 16.5. The molecule has 0 bridgehead atoms. The first-order valence-corrected chi connectivity index (χ1v) is 26.7. The van der Waals surface area contributed by atoms with Crippen molar-refractivity contribution in [1.29, 1.82) is 0 Å². The number of ether oxygens (including phenoxy) is 6. The zero-order valence-corrected chi connectivity index (χ0v) is 42.0. The standard InChI is InChI=1S/C48H35N9O10S5/c1-60-30-13-37(33-17-41(66-39(33)15-30)35-20-56-45(52-35)70-47(54-56)62-3)64-22-28-24-68-43(50-28)26-6-8-32(9-7-26)72(58,59)12-11-63-48-55-57-21-36(53-46(57)71-48)42-18-34-38(14-31(61-2)16-40(34)67-42)65-23-29-25-69-44(51-29)27-5-4-10-49-19-27/h4-10,13-21,24-25H,11-12,22-23H2,1-3H3.